The summed E-state index contributed by atoms with van der Waals surface area (Å²) >= 11 is 6.76. The van der Waals surface area contributed by atoms with E-state index in [1.807, 2.05) is 40.1 Å². The lowest BCUT2D eigenvalue weighted by Crippen LogP contribution is -2.49. The third-order valence-electron chi connectivity index (χ3n) is 10.3. The lowest BCUT2D eigenvalue weighted by atomic mass is 9.91. The van der Waals surface area contributed by atoms with E-state index in [4.69, 9.17) is 30.7 Å². The van der Waals surface area contributed by atoms with Gasteiger partial charge in [0, 0.05) is 50.4 Å². The minimum Gasteiger partial charge on any atom is -0.481 e. The Bertz CT molecular complexity index is 2220. The number of aromatic nitrogens is 2. The van der Waals surface area contributed by atoms with Crippen LogP contribution in [0.4, 0.5) is 10.2 Å². The van der Waals surface area contributed by atoms with Crippen molar-refractivity contribution in [1.82, 2.24) is 19.8 Å². The van der Waals surface area contributed by atoms with Gasteiger partial charge in [-0.2, -0.15) is 10.2 Å². The molecule has 2 N–H and O–H groups in total. The number of carboxylic acids is 1. The third kappa shape index (κ3) is 6.18. The number of fused-ring (bicyclic) bond motifs is 2. The Hall–Kier alpha value is -5.02. The highest BCUT2D eigenvalue weighted by molar-refractivity contribution is 6.33. The quantitative estimate of drug-likeness (QED) is 0.154. The maximum atomic E-state index is 13.4. The van der Waals surface area contributed by atoms with Gasteiger partial charge in [-0.1, -0.05) is 41.9 Å². The average Bonchev–Trinajstić information content (AvgIpc) is 3.70. The number of pyridine rings is 1. The topological polar surface area (TPSA) is 128 Å². The monoisotopic (exact) mass is 706 g/mol. The molecule has 260 valence electrons. The number of carbonyl (C=O) groups is 1. The van der Waals surface area contributed by atoms with Gasteiger partial charge in [0.15, 0.2) is 5.58 Å². The fourth-order valence-corrected chi connectivity index (χ4v) is 7.88. The summed E-state index contributed by atoms with van der Waals surface area (Å²) in [6, 6.07) is 20.3. The van der Waals surface area contributed by atoms with Crippen molar-refractivity contribution in [2.45, 2.75) is 45.1 Å². The number of halogens is 2. The van der Waals surface area contributed by atoms with Crippen molar-refractivity contribution in [3.05, 3.63) is 93.0 Å². The van der Waals surface area contributed by atoms with E-state index in [0.29, 0.717) is 78.5 Å². The number of ether oxygens (including phenoxy) is 1. The summed E-state index contributed by atoms with van der Waals surface area (Å²) in [6.45, 7) is 4.92. The fraction of sp³-hybridized carbons (Fsp3) is 0.333. The highest BCUT2D eigenvalue weighted by Gasteiger charge is 2.33. The number of aliphatic carboxylic acids is 1. The molecular formula is C39H36ClFN6O4. The first-order chi connectivity index (χ1) is 24.7. The van der Waals surface area contributed by atoms with Gasteiger partial charge < -0.3 is 19.6 Å². The average molecular weight is 707 g/mol. The number of hydrogen-bond donors (Lipinski definition) is 2. The van der Waals surface area contributed by atoms with Crippen LogP contribution in [0.3, 0.4) is 0 Å². The molecule has 0 radical (unpaired) electrons. The van der Waals surface area contributed by atoms with Gasteiger partial charge in [-0.15, -0.1) is 0 Å². The van der Waals surface area contributed by atoms with Crippen LogP contribution in [0.2, 0.25) is 5.02 Å². The third-order valence-corrected chi connectivity index (χ3v) is 10.6. The summed E-state index contributed by atoms with van der Waals surface area (Å²) in [5.41, 5.74) is 9.69. The summed E-state index contributed by atoms with van der Waals surface area (Å²) in [6.07, 6.45) is 0.921. The number of benzene rings is 3. The van der Waals surface area contributed by atoms with Crippen molar-refractivity contribution in [2.24, 2.45) is 5.92 Å². The van der Waals surface area contributed by atoms with Crippen LogP contribution in [0.5, 0.6) is 5.88 Å². The van der Waals surface area contributed by atoms with Crippen LogP contribution < -0.4 is 10.1 Å². The lowest BCUT2D eigenvalue weighted by Gasteiger charge is -2.36. The zero-order chi connectivity index (χ0) is 35.4. The van der Waals surface area contributed by atoms with Gasteiger partial charge in [0.2, 0.25) is 11.8 Å². The molecule has 2 aromatic heterocycles. The SMILES string of the molecule is COc1nc(N[C@H]2CCc3c(-c4cccc(-c5nc6cc(CN7CC(F)C7)cc(C#N)c6o5)c4C)cccc32)c(Cl)cc1CN1CC(C(=O)O)C1. The van der Waals surface area contributed by atoms with Gasteiger partial charge >= 0.3 is 5.97 Å². The van der Waals surface area contributed by atoms with Crippen LogP contribution in [0.15, 0.2) is 59.0 Å². The van der Waals surface area contributed by atoms with Gasteiger partial charge in [-0.05, 0) is 77.4 Å². The summed E-state index contributed by atoms with van der Waals surface area (Å²) in [5, 5.41) is 23.2. The Morgan fingerprint density at radius 1 is 1.08 bits per heavy atom. The van der Waals surface area contributed by atoms with Crippen LogP contribution in [0.25, 0.3) is 33.7 Å². The predicted molar refractivity (Wildman–Crippen MR) is 191 cm³/mol. The van der Waals surface area contributed by atoms with Crippen LogP contribution in [-0.4, -0.2) is 70.3 Å². The normalized spacial score (nSPS) is 17.9. The first-order valence-corrected chi connectivity index (χ1v) is 17.4. The van der Waals surface area contributed by atoms with E-state index < -0.39 is 12.1 Å². The standard InChI is InChI=1S/C39H36ClFN6O4/c1-21-27(5-3-6-28(21)38-44-34-12-22(15-46-19-26(41)20-46)11-23(14-42)35(34)51-38)29-7-4-8-31-30(29)9-10-33(31)43-36-32(40)13-24(37(45-36)50-2)16-47-17-25(18-47)39(48)49/h3-8,11-13,25-26,33H,9-10,15-20H2,1-2H3,(H,43,45)(H,48,49)/t33-/m0/s1. The summed E-state index contributed by atoms with van der Waals surface area (Å²) < 4.78 is 25.3. The molecular weight excluding hydrogens is 671 g/mol. The van der Waals surface area contributed by atoms with Crippen LogP contribution in [-0.2, 0) is 24.3 Å². The molecule has 5 aromatic rings. The minimum absolute atomic E-state index is 0.0154. The smallest absolute Gasteiger partial charge is 0.309 e. The largest absolute Gasteiger partial charge is 0.481 e. The molecule has 0 unspecified atom stereocenters. The van der Waals surface area contributed by atoms with Crippen molar-refractivity contribution < 1.29 is 23.4 Å². The Labute approximate surface area is 299 Å². The molecule has 1 aliphatic carbocycles. The first kappa shape index (κ1) is 33.1. The molecule has 1 atom stereocenters. The molecule has 0 saturated carbocycles. The molecule has 2 fully saturated rings. The predicted octanol–water partition coefficient (Wildman–Crippen LogP) is 7.17. The Morgan fingerprint density at radius 2 is 1.82 bits per heavy atom. The summed E-state index contributed by atoms with van der Waals surface area (Å²) in [4.78, 5) is 24.8. The van der Waals surface area contributed by atoms with Crippen LogP contribution in [0.1, 0.15) is 45.8 Å². The zero-order valence-electron chi connectivity index (χ0n) is 28.2. The molecule has 51 heavy (non-hydrogen) atoms. The number of hydrogen-bond acceptors (Lipinski definition) is 9. The summed E-state index contributed by atoms with van der Waals surface area (Å²) in [7, 11) is 1.57. The van der Waals surface area contributed by atoms with Crippen molar-refractivity contribution in [3.63, 3.8) is 0 Å². The molecule has 0 amide bonds. The van der Waals surface area contributed by atoms with Crippen molar-refractivity contribution in [3.8, 4) is 34.5 Å². The van der Waals surface area contributed by atoms with E-state index in [-0.39, 0.29) is 12.0 Å². The fourth-order valence-electron chi connectivity index (χ4n) is 7.65. The Kier molecular flexibility index (Phi) is 8.62. The van der Waals surface area contributed by atoms with Gasteiger partial charge in [0.05, 0.1) is 29.7 Å². The number of likely N-dealkylation sites (tertiary alicyclic amines) is 2. The van der Waals surface area contributed by atoms with Crippen molar-refractivity contribution in [1.29, 1.82) is 5.26 Å². The second-order valence-electron chi connectivity index (χ2n) is 13.7. The number of rotatable bonds is 10. The molecule has 0 spiro atoms. The number of alkyl halides is 1. The van der Waals surface area contributed by atoms with E-state index >= 15 is 0 Å². The maximum Gasteiger partial charge on any atom is 0.309 e. The van der Waals surface area contributed by atoms with Crippen LogP contribution >= 0.6 is 11.6 Å². The molecule has 0 bridgehead atoms. The first-order valence-electron chi connectivity index (χ1n) is 17.1. The molecule has 4 heterocycles. The van der Waals surface area contributed by atoms with E-state index in [9.17, 15) is 19.6 Å². The van der Waals surface area contributed by atoms with Gasteiger partial charge in [-0.3, -0.25) is 14.6 Å². The second-order valence-corrected chi connectivity index (χ2v) is 14.1. The Balaban J connectivity index is 1.05. The second kappa shape index (κ2) is 13.3. The van der Waals surface area contributed by atoms with Crippen molar-refractivity contribution in [2.75, 3.05) is 38.6 Å². The molecule has 2 aliphatic heterocycles. The van der Waals surface area contributed by atoms with Crippen molar-refractivity contribution >= 4 is 34.5 Å². The van der Waals surface area contributed by atoms with E-state index in [1.165, 1.54) is 11.1 Å². The number of methoxy groups -OCH3 is 1. The van der Waals surface area contributed by atoms with Gasteiger partial charge in [0.1, 0.15) is 23.6 Å². The van der Waals surface area contributed by atoms with Gasteiger partial charge in [-0.25, -0.2) is 9.37 Å². The van der Waals surface area contributed by atoms with E-state index in [1.54, 1.807) is 7.11 Å². The molecule has 3 aromatic carbocycles. The number of oxazole rings is 1. The number of nitrogens with one attached hydrogen (secondary N) is 1. The van der Waals surface area contributed by atoms with E-state index in [2.05, 4.69) is 42.6 Å². The highest BCUT2D eigenvalue weighted by atomic mass is 35.5. The molecule has 3 aliphatic rings. The zero-order valence-corrected chi connectivity index (χ0v) is 29.0. The number of nitriles is 1. The van der Waals surface area contributed by atoms with Crippen LogP contribution in [0, 0.1) is 24.2 Å². The molecule has 12 heteroatoms. The lowest BCUT2D eigenvalue weighted by molar-refractivity contribution is -0.147. The highest BCUT2D eigenvalue weighted by Crippen LogP contribution is 2.43. The summed E-state index contributed by atoms with van der Waals surface area (Å²) in [5.74, 6) is 0.331. The van der Waals surface area contributed by atoms with E-state index in [0.717, 1.165) is 46.2 Å². The number of anilines is 1. The Morgan fingerprint density at radius 3 is 2.57 bits per heavy atom. The molecule has 10 nitrogen and oxygen atoms in total. The number of nitrogens with zero attached hydrogens (tertiary/aromatic N) is 5. The van der Waals surface area contributed by atoms with Gasteiger partial charge in [0.25, 0.3) is 0 Å². The maximum absolute atomic E-state index is 13.4. The minimum atomic E-state index is -0.790. The number of carboxylic acid groups (broad SMARTS) is 1. The molecule has 8 rings (SSSR count). The molecule has 2 saturated heterocycles.